The van der Waals surface area contributed by atoms with Gasteiger partial charge >= 0.3 is 6.18 Å². The molecule has 1 heterocycles. The van der Waals surface area contributed by atoms with Gasteiger partial charge in [-0.15, -0.1) is 11.8 Å². The highest BCUT2D eigenvalue weighted by Gasteiger charge is 2.34. The van der Waals surface area contributed by atoms with Crippen molar-refractivity contribution in [2.24, 2.45) is 0 Å². The van der Waals surface area contributed by atoms with Gasteiger partial charge < -0.3 is 10.6 Å². The fourth-order valence-corrected chi connectivity index (χ4v) is 4.03. The van der Waals surface area contributed by atoms with E-state index in [4.69, 9.17) is 0 Å². The summed E-state index contributed by atoms with van der Waals surface area (Å²) in [7, 11) is 0. The van der Waals surface area contributed by atoms with E-state index in [2.05, 4.69) is 25.9 Å². The lowest BCUT2D eigenvalue weighted by Gasteiger charge is -2.30. The molecule has 2 rings (SSSR count). The molecule has 0 saturated carbocycles. The second-order valence-corrected chi connectivity index (χ2v) is 8.94. The molecule has 11 nitrogen and oxygen atoms in total. The van der Waals surface area contributed by atoms with Crippen molar-refractivity contribution in [1.29, 1.82) is 5.26 Å². The number of hydrogen-bond donors (Lipinski definition) is 3. The maximum Gasteiger partial charge on any atom is 0.416 e. The molecule has 0 radical (unpaired) electrons. The Morgan fingerprint density at radius 3 is 2.33 bits per heavy atom. The lowest BCUT2D eigenvalue weighted by atomic mass is 10.1. The number of aromatic nitrogens is 2. The molecule has 0 aliphatic carbocycles. The van der Waals surface area contributed by atoms with Crippen molar-refractivity contribution in [2.45, 2.75) is 50.9 Å². The van der Waals surface area contributed by atoms with Crippen molar-refractivity contribution in [3.8, 4) is 6.07 Å². The van der Waals surface area contributed by atoms with Gasteiger partial charge in [-0.2, -0.15) is 23.4 Å². The van der Waals surface area contributed by atoms with Crippen LogP contribution in [0.15, 0.2) is 29.3 Å². The smallest absolute Gasteiger partial charge is 0.356 e. The van der Waals surface area contributed by atoms with E-state index >= 15 is 0 Å². The van der Waals surface area contributed by atoms with Crippen LogP contribution in [0, 0.1) is 11.3 Å². The Labute approximate surface area is 226 Å². The molecule has 0 spiro atoms. The van der Waals surface area contributed by atoms with E-state index in [0.29, 0.717) is 0 Å². The summed E-state index contributed by atoms with van der Waals surface area (Å²) in [6, 6.07) is 4.51. The number of rotatable bonds is 10. The molecule has 0 aliphatic rings. The number of halogens is 3. The van der Waals surface area contributed by atoms with Crippen LogP contribution in [0.25, 0.3) is 0 Å². The first-order valence-electron chi connectivity index (χ1n) is 11.4. The van der Waals surface area contributed by atoms with Crippen LogP contribution in [0.3, 0.4) is 0 Å². The van der Waals surface area contributed by atoms with Gasteiger partial charge in [0.1, 0.15) is 22.7 Å². The Bertz CT molecular complexity index is 1300. The number of nitriles is 1. The summed E-state index contributed by atoms with van der Waals surface area (Å²) >= 11 is 1.04. The fraction of sp³-hybridized carbons (Fsp3) is 0.375. The zero-order valence-corrected chi connectivity index (χ0v) is 22.3. The molecule has 15 heteroatoms. The van der Waals surface area contributed by atoms with E-state index in [1.54, 1.807) is 6.26 Å². The quantitative estimate of drug-likeness (QED) is 0.225. The van der Waals surface area contributed by atoms with Gasteiger partial charge in [0.2, 0.25) is 29.6 Å². The molecule has 1 aromatic carbocycles. The molecule has 3 N–H and O–H groups in total. The lowest BCUT2D eigenvalue weighted by Crippen LogP contribution is -2.48. The van der Waals surface area contributed by atoms with E-state index in [1.807, 2.05) is 6.07 Å². The minimum atomic E-state index is -4.65. The molecule has 0 aliphatic heterocycles. The number of carbonyl (C=O) groups is 4. The predicted molar refractivity (Wildman–Crippen MR) is 138 cm³/mol. The van der Waals surface area contributed by atoms with Crippen LogP contribution in [0.2, 0.25) is 0 Å². The summed E-state index contributed by atoms with van der Waals surface area (Å²) in [5.74, 6) is -2.91. The second-order valence-electron chi connectivity index (χ2n) is 8.15. The van der Waals surface area contributed by atoms with Crippen LogP contribution in [-0.2, 0) is 25.4 Å². The van der Waals surface area contributed by atoms with Crippen LogP contribution >= 0.6 is 11.8 Å². The van der Waals surface area contributed by atoms with Gasteiger partial charge in [-0.3, -0.25) is 29.4 Å². The third-order valence-electron chi connectivity index (χ3n) is 5.12. The molecule has 39 heavy (non-hydrogen) atoms. The first-order valence-corrected chi connectivity index (χ1v) is 12.7. The lowest BCUT2D eigenvalue weighted by molar-refractivity contribution is -0.137. The molecule has 1 atom stereocenters. The summed E-state index contributed by atoms with van der Waals surface area (Å²) in [5, 5.41) is 17.3. The molecule has 0 saturated heterocycles. The van der Waals surface area contributed by atoms with E-state index in [1.165, 1.54) is 19.9 Å². The second kappa shape index (κ2) is 13.6. The summed E-state index contributed by atoms with van der Waals surface area (Å²) in [5.41, 5.74) is -1.30. The summed E-state index contributed by atoms with van der Waals surface area (Å²) in [6.07, 6.45) is -2.93. The number of amides is 4. The zero-order chi connectivity index (χ0) is 29.3. The van der Waals surface area contributed by atoms with Gasteiger partial charge in [-0.05, 0) is 37.3 Å². The minimum absolute atomic E-state index is 0.0659. The Morgan fingerprint density at radius 2 is 1.79 bits per heavy atom. The van der Waals surface area contributed by atoms with Crippen molar-refractivity contribution >= 4 is 52.8 Å². The number of hydrogen-bond acceptors (Lipinski definition) is 8. The molecule has 0 bridgehead atoms. The standard InChI is InChI=1S/C24H26F3N7O4S/c1-13(35)29-10-6-9-19(21(38)31-17-8-5-7-16(11-17)24(25,26)27)34(15(3)37)20-18(12-28)22(39-4)33-23(32-20)30-14(2)36/h5,7-8,11,19H,6,9-10H2,1-4H3,(H,29,35)(H,31,38)(H,30,32,33,36)/t19-/m0/s1. The Morgan fingerprint density at radius 1 is 1.10 bits per heavy atom. The van der Waals surface area contributed by atoms with Crippen molar-refractivity contribution in [2.75, 3.05) is 28.3 Å². The molecular formula is C24H26F3N7O4S. The minimum Gasteiger partial charge on any atom is -0.356 e. The highest BCUT2D eigenvalue weighted by molar-refractivity contribution is 7.98. The Hall–Kier alpha value is -4.19. The van der Waals surface area contributed by atoms with Gasteiger partial charge in [-0.25, -0.2) is 4.98 Å². The van der Waals surface area contributed by atoms with Gasteiger partial charge in [0.15, 0.2) is 5.82 Å². The average Bonchev–Trinajstić information content (AvgIpc) is 2.84. The van der Waals surface area contributed by atoms with Crippen molar-refractivity contribution in [3.63, 3.8) is 0 Å². The zero-order valence-electron chi connectivity index (χ0n) is 21.5. The van der Waals surface area contributed by atoms with Gasteiger partial charge in [0.25, 0.3) is 0 Å². The molecule has 0 fully saturated rings. The normalized spacial score (nSPS) is 11.6. The largest absolute Gasteiger partial charge is 0.416 e. The van der Waals surface area contributed by atoms with E-state index < -0.39 is 35.5 Å². The molecule has 2 aromatic rings. The summed E-state index contributed by atoms with van der Waals surface area (Å²) in [6.45, 7) is 3.76. The van der Waals surface area contributed by atoms with Crippen LogP contribution in [0.5, 0.6) is 0 Å². The average molecular weight is 566 g/mol. The van der Waals surface area contributed by atoms with Gasteiger partial charge in [-0.1, -0.05) is 6.07 Å². The Kier molecular flexibility index (Phi) is 10.8. The molecule has 0 unspecified atom stereocenters. The molecule has 208 valence electrons. The van der Waals surface area contributed by atoms with E-state index in [0.717, 1.165) is 41.8 Å². The Balaban J connectivity index is 2.61. The fourth-order valence-electron chi connectivity index (χ4n) is 3.51. The van der Waals surface area contributed by atoms with E-state index in [-0.39, 0.29) is 53.3 Å². The van der Waals surface area contributed by atoms with Gasteiger partial charge in [0.05, 0.1) is 5.56 Å². The maximum atomic E-state index is 13.5. The molecule has 4 amide bonds. The highest BCUT2D eigenvalue weighted by atomic mass is 32.2. The number of thioether (sulfide) groups is 1. The van der Waals surface area contributed by atoms with Crippen molar-refractivity contribution in [3.05, 3.63) is 35.4 Å². The first kappa shape index (κ1) is 31.0. The summed E-state index contributed by atoms with van der Waals surface area (Å²) < 4.78 is 39.6. The van der Waals surface area contributed by atoms with Crippen LogP contribution in [0.4, 0.5) is 30.6 Å². The predicted octanol–water partition coefficient (Wildman–Crippen LogP) is 3.32. The van der Waals surface area contributed by atoms with Crippen LogP contribution in [0.1, 0.15) is 44.7 Å². The number of nitrogens with one attached hydrogen (secondary N) is 3. The van der Waals surface area contributed by atoms with Crippen molar-refractivity contribution in [1.82, 2.24) is 15.3 Å². The number of nitrogens with zero attached hydrogens (tertiary/aromatic N) is 4. The maximum absolute atomic E-state index is 13.5. The van der Waals surface area contributed by atoms with Crippen molar-refractivity contribution < 1.29 is 32.3 Å². The third kappa shape index (κ3) is 8.67. The highest BCUT2D eigenvalue weighted by Crippen LogP contribution is 2.32. The topological polar surface area (TPSA) is 157 Å². The third-order valence-corrected chi connectivity index (χ3v) is 5.80. The molecule has 1 aromatic heterocycles. The number of benzene rings is 1. The SMILES string of the molecule is CSc1nc(NC(C)=O)nc(N(C(C)=O)[C@@H](CCCNC(C)=O)C(=O)Nc2cccc(C(F)(F)F)c2)c1C#N. The number of anilines is 3. The van der Waals surface area contributed by atoms with Crippen LogP contribution in [-0.4, -0.2) is 52.4 Å². The summed E-state index contributed by atoms with van der Waals surface area (Å²) in [4.78, 5) is 58.5. The molecular weight excluding hydrogens is 539 g/mol. The van der Waals surface area contributed by atoms with E-state index in [9.17, 15) is 37.6 Å². The first-order chi connectivity index (χ1) is 18.3. The van der Waals surface area contributed by atoms with Gasteiger partial charge in [0, 0.05) is 33.0 Å². The van der Waals surface area contributed by atoms with Crippen LogP contribution < -0.4 is 20.9 Å². The monoisotopic (exact) mass is 565 g/mol. The number of alkyl halides is 3. The number of carbonyl (C=O) groups excluding carboxylic acids is 4.